The number of carbonyl (C=O) groups is 2. The first-order valence-corrected chi connectivity index (χ1v) is 10.1. The third-order valence-electron chi connectivity index (χ3n) is 3.28. The van der Waals surface area contributed by atoms with Crippen LogP contribution in [0.3, 0.4) is 0 Å². The maximum Gasteiger partial charge on any atom is 0.276 e. The van der Waals surface area contributed by atoms with E-state index in [0.29, 0.717) is 22.1 Å². The van der Waals surface area contributed by atoms with Crippen molar-refractivity contribution in [3.63, 3.8) is 0 Å². The Morgan fingerprint density at radius 3 is 2.45 bits per heavy atom. The van der Waals surface area contributed by atoms with Crippen LogP contribution in [0.4, 0.5) is 0 Å². The van der Waals surface area contributed by atoms with Crippen LogP contribution in [0.2, 0.25) is 5.02 Å². The van der Waals surface area contributed by atoms with E-state index < -0.39 is 11.8 Å². The lowest BCUT2D eigenvalue weighted by molar-refractivity contribution is -0.123. The van der Waals surface area contributed by atoms with Crippen LogP contribution in [-0.2, 0) is 4.79 Å². The molecule has 2 rings (SSSR count). The second-order valence-corrected chi connectivity index (χ2v) is 7.74. The highest BCUT2D eigenvalue weighted by molar-refractivity contribution is 9.10. The van der Waals surface area contributed by atoms with E-state index in [1.54, 1.807) is 42.5 Å². The SMILES string of the molecule is CC(C)Oc1ccc(C(=O)NC(=S)NNC(=O)COc2ccc(Br)cc2Cl)cc1. The largest absolute Gasteiger partial charge is 0.491 e. The minimum Gasteiger partial charge on any atom is -0.491 e. The molecule has 0 radical (unpaired) electrons. The Morgan fingerprint density at radius 1 is 1.14 bits per heavy atom. The van der Waals surface area contributed by atoms with Gasteiger partial charge in [-0.3, -0.25) is 25.8 Å². The fraction of sp³-hybridized carbons (Fsp3) is 0.211. The Morgan fingerprint density at radius 2 is 1.83 bits per heavy atom. The van der Waals surface area contributed by atoms with Crippen LogP contribution in [0.15, 0.2) is 46.9 Å². The first-order chi connectivity index (χ1) is 13.7. The summed E-state index contributed by atoms with van der Waals surface area (Å²) in [6.45, 7) is 3.54. The molecule has 0 aliphatic rings. The predicted molar refractivity (Wildman–Crippen MR) is 118 cm³/mol. The summed E-state index contributed by atoms with van der Waals surface area (Å²) < 4.78 is 11.6. The van der Waals surface area contributed by atoms with Gasteiger partial charge in [-0.25, -0.2) is 0 Å². The summed E-state index contributed by atoms with van der Waals surface area (Å²) >= 11 is 14.3. The molecule has 0 heterocycles. The van der Waals surface area contributed by atoms with Crippen molar-refractivity contribution in [2.75, 3.05) is 6.61 Å². The Hall–Kier alpha value is -2.36. The van der Waals surface area contributed by atoms with Gasteiger partial charge in [-0.2, -0.15) is 0 Å². The average molecular weight is 501 g/mol. The van der Waals surface area contributed by atoms with Crippen molar-refractivity contribution in [3.05, 3.63) is 57.5 Å². The van der Waals surface area contributed by atoms with Gasteiger partial charge in [0.15, 0.2) is 11.7 Å². The van der Waals surface area contributed by atoms with Crippen LogP contribution in [0.1, 0.15) is 24.2 Å². The standard InChI is InChI=1S/C19H19BrClN3O4S/c1-11(2)28-14-6-3-12(4-7-14)18(26)22-19(29)24-23-17(25)10-27-16-8-5-13(20)9-15(16)21/h3-9,11H,10H2,1-2H3,(H,23,25)(H2,22,24,26,29). The van der Waals surface area contributed by atoms with Crippen molar-refractivity contribution in [3.8, 4) is 11.5 Å². The van der Waals surface area contributed by atoms with E-state index in [0.717, 1.165) is 4.47 Å². The molecule has 0 atom stereocenters. The fourth-order valence-corrected chi connectivity index (χ4v) is 2.93. The summed E-state index contributed by atoms with van der Waals surface area (Å²) in [5, 5.41) is 2.77. The van der Waals surface area contributed by atoms with E-state index in [9.17, 15) is 9.59 Å². The number of amides is 2. The second kappa shape index (κ2) is 11.0. The molecule has 3 N–H and O–H groups in total. The normalized spacial score (nSPS) is 10.2. The van der Waals surface area contributed by atoms with Crippen molar-refractivity contribution in [2.24, 2.45) is 0 Å². The van der Waals surface area contributed by atoms with Crippen LogP contribution >= 0.6 is 39.7 Å². The van der Waals surface area contributed by atoms with Gasteiger partial charge in [0.05, 0.1) is 11.1 Å². The number of hydrogen-bond donors (Lipinski definition) is 3. The van der Waals surface area contributed by atoms with Gasteiger partial charge in [-0.1, -0.05) is 27.5 Å². The average Bonchev–Trinajstić information content (AvgIpc) is 2.65. The van der Waals surface area contributed by atoms with Gasteiger partial charge in [-0.05, 0) is 68.5 Å². The van der Waals surface area contributed by atoms with Crippen molar-refractivity contribution in [2.45, 2.75) is 20.0 Å². The number of carbonyl (C=O) groups excluding carboxylic acids is 2. The van der Waals surface area contributed by atoms with Gasteiger partial charge in [0.25, 0.3) is 11.8 Å². The molecule has 0 bridgehead atoms. The quantitative estimate of drug-likeness (QED) is 0.415. The molecule has 0 saturated heterocycles. The second-order valence-electron chi connectivity index (χ2n) is 6.01. The van der Waals surface area contributed by atoms with Gasteiger partial charge in [-0.15, -0.1) is 0 Å². The molecule has 29 heavy (non-hydrogen) atoms. The lowest BCUT2D eigenvalue weighted by Gasteiger charge is -2.12. The summed E-state index contributed by atoms with van der Waals surface area (Å²) in [4.78, 5) is 24.0. The van der Waals surface area contributed by atoms with Crippen LogP contribution in [0.5, 0.6) is 11.5 Å². The highest BCUT2D eigenvalue weighted by atomic mass is 79.9. The number of rotatable bonds is 6. The number of hydrogen-bond acceptors (Lipinski definition) is 5. The van der Waals surface area contributed by atoms with Gasteiger partial charge >= 0.3 is 0 Å². The van der Waals surface area contributed by atoms with Gasteiger partial charge in [0.2, 0.25) is 0 Å². The lowest BCUT2D eigenvalue weighted by Crippen LogP contribution is -2.49. The molecule has 2 aromatic rings. The number of hydrazine groups is 1. The molecule has 0 aliphatic heterocycles. The highest BCUT2D eigenvalue weighted by Crippen LogP contribution is 2.27. The van der Waals surface area contributed by atoms with Gasteiger partial charge in [0.1, 0.15) is 11.5 Å². The molecule has 7 nitrogen and oxygen atoms in total. The first kappa shape index (κ1) is 22.9. The number of nitrogens with one attached hydrogen (secondary N) is 3. The molecule has 0 fully saturated rings. The zero-order valence-corrected chi connectivity index (χ0v) is 18.8. The molecule has 2 amide bonds. The summed E-state index contributed by atoms with van der Waals surface area (Å²) in [6.07, 6.45) is 0.0406. The van der Waals surface area contributed by atoms with E-state index in [2.05, 4.69) is 32.1 Å². The summed E-state index contributed by atoms with van der Waals surface area (Å²) in [7, 11) is 0. The zero-order valence-electron chi connectivity index (χ0n) is 15.6. The third-order valence-corrected chi connectivity index (χ3v) is 4.28. The topological polar surface area (TPSA) is 88.7 Å². The molecular formula is C19H19BrClN3O4S. The van der Waals surface area contributed by atoms with Crippen molar-refractivity contribution in [1.82, 2.24) is 16.2 Å². The molecule has 0 unspecified atom stereocenters. The molecule has 0 aromatic heterocycles. The van der Waals surface area contributed by atoms with E-state index in [4.69, 9.17) is 33.3 Å². The highest BCUT2D eigenvalue weighted by Gasteiger charge is 2.10. The Balaban J connectivity index is 1.75. The molecule has 10 heteroatoms. The maximum atomic E-state index is 12.2. The van der Waals surface area contributed by atoms with Crippen LogP contribution in [-0.4, -0.2) is 29.6 Å². The molecule has 0 aliphatic carbocycles. The summed E-state index contributed by atoms with van der Waals surface area (Å²) in [6, 6.07) is 11.6. The molecular weight excluding hydrogens is 482 g/mol. The number of thiocarbonyl (C=S) groups is 1. The molecule has 0 spiro atoms. The lowest BCUT2D eigenvalue weighted by atomic mass is 10.2. The van der Waals surface area contributed by atoms with Crippen LogP contribution < -0.4 is 25.6 Å². The van der Waals surface area contributed by atoms with E-state index in [-0.39, 0.29) is 17.8 Å². The van der Waals surface area contributed by atoms with Gasteiger partial charge < -0.3 is 9.47 Å². The van der Waals surface area contributed by atoms with Crippen LogP contribution in [0, 0.1) is 0 Å². The third kappa shape index (κ3) is 7.88. The number of benzene rings is 2. The summed E-state index contributed by atoms with van der Waals surface area (Å²) in [5.41, 5.74) is 5.16. The Labute approximate surface area is 187 Å². The van der Waals surface area contributed by atoms with Crippen LogP contribution in [0.25, 0.3) is 0 Å². The Bertz CT molecular complexity index is 894. The minimum atomic E-state index is -0.504. The van der Waals surface area contributed by atoms with Crippen molar-refractivity contribution in [1.29, 1.82) is 0 Å². The number of ether oxygens (including phenoxy) is 2. The molecule has 0 saturated carbocycles. The van der Waals surface area contributed by atoms with E-state index in [1.807, 2.05) is 13.8 Å². The molecule has 2 aromatic carbocycles. The minimum absolute atomic E-state index is 0.0406. The van der Waals surface area contributed by atoms with E-state index in [1.165, 1.54) is 0 Å². The van der Waals surface area contributed by atoms with Crippen molar-refractivity contribution < 1.29 is 19.1 Å². The fourth-order valence-electron chi connectivity index (χ4n) is 2.06. The monoisotopic (exact) mass is 499 g/mol. The summed E-state index contributed by atoms with van der Waals surface area (Å²) in [5.74, 6) is 0.0997. The Kier molecular flexibility index (Phi) is 8.69. The number of halogens is 2. The predicted octanol–water partition coefficient (Wildman–Crippen LogP) is 3.60. The first-order valence-electron chi connectivity index (χ1n) is 8.49. The zero-order chi connectivity index (χ0) is 21.4. The molecule has 154 valence electrons. The maximum absolute atomic E-state index is 12.2. The van der Waals surface area contributed by atoms with Gasteiger partial charge in [0, 0.05) is 10.0 Å². The smallest absolute Gasteiger partial charge is 0.276 e. The van der Waals surface area contributed by atoms with E-state index >= 15 is 0 Å². The van der Waals surface area contributed by atoms with Crippen molar-refractivity contribution >= 4 is 56.7 Å².